The van der Waals surface area contributed by atoms with E-state index in [9.17, 15) is 9.59 Å². The van der Waals surface area contributed by atoms with Crippen molar-refractivity contribution in [2.75, 3.05) is 19.6 Å². The zero-order valence-corrected chi connectivity index (χ0v) is 9.84. The monoisotopic (exact) mass is 227 g/mol. The third-order valence-electron chi connectivity index (χ3n) is 2.58. The van der Waals surface area contributed by atoms with E-state index in [1.807, 2.05) is 6.92 Å². The Kier molecular flexibility index (Phi) is 5.85. The molecule has 0 bridgehead atoms. The fraction of sp³-hybridized carbons (Fsp3) is 0.818. The molecule has 1 aliphatic heterocycles. The van der Waals surface area contributed by atoms with Crippen molar-refractivity contribution < 1.29 is 9.59 Å². The Hall–Kier alpha value is -1.10. The summed E-state index contributed by atoms with van der Waals surface area (Å²) in [4.78, 5) is 22.7. The van der Waals surface area contributed by atoms with Crippen molar-refractivity contribution in [2.24, 2.45) is 0 Å². The maximum absolute atomic E-state index is 11.5. The molecule has 1 atom stereocenters. The predicted molar refractivity (Wildman–Crippen MR) is 62.0 cm³/mol. The first-order valence-corrected chi connectivity index (χ1v) is 5.99. The molecule has 1 aliphatic rings. The van der Waals surface area contributed by atoms with E-state index in [2.05, 4.69) is 16.0 Å². The van der Waals surface area contributed by atoms with E-state index in [1.165, 1.54) is 0 Å². The average molecular weight is 227 g/mol. The highest BCUT2D eigenvalue weighted by Gasteiger charge is 2.16. The molecule has 0 aromatic carbocycles. The van der Waals surface area contributed by atoms with Gasteiger partial charge in [-0.25, -0.2) is 0 Å². The second kappa shape index (κ2) is 7.22. The minimum Gasteiger partial charge on any atom is -0.356 e. The lowest BCUT2D eigenvalue weighted by Crippen LogP contribution is -2.36. The molecule has 0 aromatic rings. The van der Waals surface area contributed by atoms with Gasteiger partial charge in [-0.3, -0.25) is 9.59 Å². The summed E-state index contributed by atoms with van der Waals surface area (Å²) < 4.78 is 0. The van der Waals surface area contributed by atoms with Gasteiger partial charge >= 0.3 is 0 Å². The third kappa shape index (κ3) is 5.11. The molecule has 5 heteroatoms. The minimum absolute atomic E-state index is 0.0275. The van der Waals surface area contributed by atoms with Crippen LogP contribution in [0.4, 0.5) is 0 Å². The molecule has 3 N–H and O–H groups in total. The maximum Gasteiger partial charge on any atom is 0.220 e. The molecule has 1 saturated heterocycles. The van der Waals surface area contributed by atoms with Crippen molar-refractivity contribution in [1.29, 1.82) is 0 Å². The normalized spacial score (nSPS) is 19.4. The number of amides is 2. The van der Waals surface area contributed by atoms with Crippen LogP contribution in [0.15, 0.2) is 0 Å². The van der Waals surface area contributed by atoms with Gasteiger partial charge in [0.1, 0.15) is 0 Å². The molecular weight excluding hydrogens is 206 g/mol. The Labute approximate surface area is 96.4 Å². The number of carbonyl (C=O) groups is 2. The predicted octanol–water partition coefficient (Wildman–Crippen LogP) is -0.229. The number of hydrogen-bond acceptors (Lipinski definition) is 3. The Morgan fingerprint density at radius 3 is 2.69 bits per heavy atom. The van der Waals surface area contributed by atoms with Crippen LogP contribution in [-0.2, 0) is 9.59 Å². The molecule has 0 aromatic heterocycles. The van der Waals surface area contributed by atoms with E-state index in [-0.39, 0.29) is 30.7 Å². The Bertz CT molecular complexity index is 237. The van der Waals surface area contributed by atoms with Crippen LogP contribution >= 0.6 is 0 Å². The fourth-order valence-electron chi connectivity index (χ4n) is 1.66. The molecular formula is C11H21N3O2. The molecule has 0 radical (unpaired) electrons. The zero-order valence-electron chi connectivity index (χ0n) is 9.84. The zero-order chi connectivity index (χ0) is 11.8. The van der Waals surface area contributed by atoms with Gasteiger partial charge in [0, 0.05) is 32.0 Å². The average Bonchev–Trinajstić information content (AvgIpc) is 2.76. The van der Waals surface area contributed by atoms with Gasteiger partial charge in [-0.2, -0.15) is 0 Å². The number of hydrogen-bond donors (Lipinski definition) is 3. The van der Waals surface area contributed by atoms with Crippen LogP contribution in [0.1, 0.15) is 32.6 Å². The highest BCUT2D eigenvalue weighted by molar-refractivity contribution is 5.83. The number of nitrogens with one attached hydrogen (secondary N) is 3. The Morgan fingerprint density at radius 2 is 2.06 bits per heavy atom. The lowest BCUT2D eigenvalue weighted by atomic mass is 10.2. The van der Waals surface area contributed by atoms with Crippen molar-refractivity contribution in [2.45, 2.75) is 38.6 Å². The van der Waals surface area contributed by atoms with Gasteiger partial charge in [0.05, 0.1) is 0 Å². The van der Waals surface area contributed by atoms with E-state index < -0.39 is 0 Å². The first-order valence-electron chi connectivity index (χ1n) is 5.99. The molecule has 1 unspecified atom stereocenters. The molecule has 16 heavy (non-hydrogen) atoms. The summed E-state index contributed by atoms with van der Waals surface area (Å²) in [6, 6.07) is 0.242. The van der Waals surface area contributed by atoms with Gasteiger partial charge in [0.2, 0.25) is 11.8 Å². The van der Waals surface area contributed by atoms with Crippen LogP contribution in [0.2, 0.25) is 0 Å². The number of rotatable bonds is 6. The second-order valence-electron chi connectivity index (χ2n) is 4.11. The van der Waals surface area contributed by atoms with Crippen molar-refractivity contribution in [3.63, 3.8) is 0 Å². The quantitative estimate of drug-likeness (QED) is 0.587. The summed E-state index contributed by atoms with van der Waals surface area (Å²) in [6.45, 7) is 4.49. The lowest BCUT2D eigenvalue weighted by Gasteiger charge is -2.10. The van der Waals surface area contributed by atoms with Gasteiger partial charge in [-0.15, -0.1) is 0 Å². The van der Waals surface area contributed by atoms with E-state index in [0.717, 1.165) is 25.9 Å². The van der Waals surface area contributed by atoms with Crippen LogP contribution in [0, 0.1) is 0 Å². The van der Waals surface area contributed by atoms with E-state index in [0.29, 0.717) is 6.54 Å². The molecule has 0 spiro atoms. The molecule has 1 rings (SSSR count). The topological polar surface area (TPSA) is 70.2 Å². The summed E-state index contributed by atoms with van der Waals surface area (Å²) in [5.74, 6) is -0.0677. The summed E-state index contributed by atoms with van der Waals surface area (Å²) in [5.41, 5.74) is 0. The first kappa shape index (κ1) is 13.0. The molecule has 1 fully saturated rings. The summed E-state index contributed by atoms with van der Waals surface area (Å²) in [7, 11) is 0. The van der Waals surface area contributed by atoms with Crippen molar-refractivity contribution in [1.82, 2.24) is 16.0 Å². The molecule has 2 amide bonds. The third-order valence-corrected chi connectivity index (χ3v) is 2.58. The van der Waals surface area contributed by atoms with Crippen LogP contribution in [-0.4, -0.2) is 37.5 Å². The second-order valence-corrected chi connectivity index (χ2v) is 4.11. The van der Waals surface area contributed by atoms with Crippen molar-refractivity contribution in [3.05, 3.63) is 0 Å². The first-order chi connectivity index (χ1) is 7.72. The van der Waals surface area contributed by atoms with Crippen molar-refractivity contribution >= 4 is 11.8 Å². The summed E-state index contributed by atoms with van der Waals surface area (Å²) in [6.07, 6.45) is 2.47. The smallest absolute Gasteiger partial charge is 0.220 e. The molecule has 0 aliphatic carbocycles. The standard InChI is InChI=1S/C11H21N3O2/c1-2-6-13-10(15)3-4-11(16)14-9-5-7-12-8-9/h9,12H,2-8H2,1H3,(H,13,15)(H,14,16). The van der Waals surface area contributed by atoms with Gasteiger partial charge in [0.15, 0.2) is 0 Å². The van der Waals surface area contributed by atoms with Crippen molar-refractivity contribution in [3.8, 4) is 0 Å². The van der Waals surface area contributed by atoms with E-state index in [4.69, 9.17) is 0 Å². The number of carbonyl (C=O) groups excluding carboxylic acids is 2. The van der Waals surface area contributed by atoms with E-state index in [1.54, 1.807) is 0 Å². The Morgan fingerprint density at radius 1 is 1.31 bits per heavy atom. The van der Waals surface area contributed by atoms with Crippen LogP contribution in [0.5, 0.6) is 0 Å². The lowest BCUT2D eigenvalue weighted by molar-refractivity contribution is -0.126. The molecule has 5 nitrogen and oxygen atoms in total. The SMILES string of the molecule is CCCNC(=O)CCC(=O)NC1CCNC1. The highest BCUT2D eigenvalue weighted by atomic mass is 16.2. The molecule has 1 heterocycles. The maximum atomic E-state index is 11.5. The van der Waals surface area contributed by atoms with Gasteiger partial charge in [-0.1, -0.05) is 6.92 Å². The Balaban J connectivity index is 2.07. The van der Waals surface area contributed by atoms with Crippen LogP contribution in [0.25, 0.3) is 0 Å². The molecule has 92 valence electrons. The van der Waals surface area contributed by atoms with Gasteiger partial charge < -0.3 is 16.0 Å². The van der Waals surface area contributed by atoms with Crippen LogP contribution in [0.3, 0.4) is 0 Å². The van der Waals surface area contributed by atoms with Crippen LogP contribution < -0.4 is 16.0 Å². The molecule has 0 saturated carbocycles. The largest absolute Gasteiger partial charge is 0.356 e. The van der Waals surface area contributed by atoms with Gasteiger partial charge in [-0.05, 0) is 19.4 Å². The minimum atomic E-state index is -0.0402. The van der Waals surface area contributed by atoms with Gasteiger partial charge in [0.25, 0.3) is 0 Å². The highest BCUT2D eigenvalue weighted by Crippen LogP contribution is 1.98. The van der Waals surface area contributed by atoms with E-state index >= 15 is 0 Å². The summed E-state index contributed by atoms with van der Waals surface area (Å²) >= 11 is 0. The summed E-state index contributed by atoms with van der Waals surface area (Å²) in [5, 5.41) is 8.84. The fourth-order valence-corrected chi connectivity index (χ4v) is 1.66.